The number of benzene rings is 2. The summed E-state index contributed by atoms with van der Waals surface area (Å²) in [6.45, 7) is -0.299. The van der Waals surface area contributed by atoms with E-state index in [0.29, 0.717) is 16.8 Å². The van der Waals surface area contributed by atoms with Gasteiger partial charge in [0.05, 0.1) is 4.90 Å². The van der Waals surface area contributed by atoms with Gasteiger partial charge in [-0.15, -0.1) is 0 Å². The van der Waals surface area contributed by atoms with E-state index >= 15 is 0 Å². The van der Waals surface area contributed by atoms with Gasteiger partial charge in [-0.2, -0.15) is 9.99 Å². The van der Waals surface area contributed by atoms with Gasteiger partial charge in [0, 0.05) is 18.1 Å². The molecule has 0 radical (unpaired) electrons. The van der Waals surface area contributed by atoms with E-state index in [9.17, 15) is 18.0 Å². The molecule has 166 valence electrons. The molecular weight excluding hydrogens is 450 g/mol. The number of rotatable bonds is 5. The first-order valence-electron chi connectivity index (χ1n) is 9.57. The normalized spacial score (nSPS) is 14.4. The molecule has 2 N–H and O–H groups in total. The third-order valence-corrected chi connectivity index (χ3v) is 6.06. The van der Waals surface area contributed by atoms with E-state index in [-0.39, 0.29) is 23.4 Å². The summed E-state index contributed by atoms with van der Waals surface area (Å²) in [5.74, 6) is -0.553. The Morgan fingerprint density at radius 3 is 2.42 bits per heavy atom. The van der Waals surface area contributed by atoms with Crippen molar-refractivity contribution in [1.82, 2.24) is 20.4 Å². The third kappa shape index (κ3) is 3.92. The van der Waals surface area contributed by atoms with Crippen molar-refractivity contribution in [2.75, 3.05) is 21.2 Å². The van der Waals surface area contributed by atoms with E-state index in [1.807, 2.05) is 0 Å². The fraction of sp³-hybridized carbons (Fsp3) is 0.0500. The van der Waals surface area contributed by atoms with Gasteiger partial charge < -0.3 is 4.42 Å². The lowest BCUT2D eigenvalue weighted by atomic mass is 10.3. The highest BCUT2D eigenvalue weighted by Crippen LogP contribution is 2.25. The van der Waals surface area contributed by atoms with Gasteiger partial charge in [-0.25, -0.2) is 33.3 Å². The Kier molecular flexibility index (Phi) is 4.86. The van der Waals surface area contributed by atoms with Crippen LogP contribution < -0.4 is 20.1 Å². The van der Waals surface area contributed by atoms with E-state index in [0.717, 1.165) is 5.01 Å². The van der Waals surface area contributed by atoms with Crippen molar-refractivity contribution in [2.24, 2.45) is 0 Å². The van der Waals surface area contributed by atoms with E-state index in [4.69, 9.17) is 4.42 Å². The molecule has 0 aliphatic carbocycles. The van der Waals surface area contributed by atoms with Crippen molar-refractivity contribution < 1.29 is 22.4 Å². The number of fused-ring (bicyclic) bond motifs is 1. The molecule has 1 aliphatic rings. The van der Waals surface area contributed by atoms with Gasteiger partial charge in [-0.1, -0.05) is 12.1 Å². The number of sulfonamides is 1. The zero-order chi connectivity index (χ0) is 23.0. The van der Waals surface area contributed by atoms with Crippen LogP contribution in [0.25, 0.3) is 11.1 Å². The summed E-state index contributed by atoms with van der Waals surface area (Å²) in [6, 6.07) is 13.3. The highest BCUT2D eigenvalue weighted by Gasteiger charge is 2.34. The van der Waals surface area contributed by atoms with Crippen molar-refractivity contribution in [1.29, 1.82) is 0 Å². The molecule has 0 bridgehead atoms. The van der Waals surface area contributed by atoms with Crippen LogP contribution in [0.2, 0.25) is 0 Å². The van der Waals surface area contributed by atoms with Gasteiger partial charge in [0.1, 0.15) is 12.1 Å². The Balaban J connectivity index is 1.33. The summed E-state index contributed by atoms with van der Waals surface area (Å²) in [5.41, 5.74) is 3.78. The fourth-order valence-electron chi connectivity index (χ4n) is 3.15. The van der Waals surface area contributed by atoms with E-state index in [1.54, 1.807) is 30.3 Å². The van der Waals surface area contributed by atoms with Crippen LogP contribution in [0.3, 0.4) is 0 Å². The molecule has 3 amide bonds. The number of oxazole rings is 1. The lowest BCUT2D eigenvalue weighted by molar-refractivity contribution is -0.118. The molecule has 0 atom stereocenters. The summed E-state index contributed by atoms with van der Waals surface area (Å²) < 4.78 is 32.8. The molecule has 13 heteroatoms. The summed E-state index contributed by atoms with van der Waals surface area (Å²) >= 11 is 0. The second kappa shape index (κ2) is 7.87. The molecule has 4 aromatic rings. The number of urea groups is 1. The van der Waals surface area contributed by atoms with Crippen molar-refractivity contribution >= 4 is 50.7 Å². The molecule has 33 heavy (non-hydrogen) atoms. The molecular formula is C20H15N7O5S. The standard InChI is InChI=1S/C20H15N7O5S/c28-17-12-26(19(29)24-27(17)20-23-15-4-1-2-5-16(15)32-20)13-6-8-14(9-7-13)33(30,31)25-18-21-10-3-11-22-18/h1-11H,12H2,(H,24,29)(H,21,22,25). The van der Waals surface area contributed by atoms with Gasteiger partial charge >= 0.3 is 12.0 Å². The Morgan fingerprint density at radius 2 is 1.70 bits per heavy atom. The predicted octanol–water partition coefficient (Wildman–Crippen LogP) is 1.90. The lowest BCUT2D eigenvalue weighted by Crippen LogP contribution is -2.61. The summed E-state index contributed by atoms with van der Waals surface area (Å²) in [7, 11) is -3.93. The number of hydrazine groups is 1. The topological polar surface area (TPSA) is 151 Å². The molecule has 3 heterocycles. The van der Waals surface area contributed by atoms with E-state index < -0.39 is 22.0 Å². The molecule has 0 saturated carbocycles. The van der Waals surface area contributed by atoms with Crippen LogP contribution in [-0.2, 0) is 14.8 Å². The highest BCUT2D eigenvalue weighted by atomic mass is 32.2. The molecule has 0 unspecified atom stereocenters. The Morgan fingerprint density at radius 1 is 0.970 bits per heavy atom. The smallest absolute Gasteiger partial charge is 0.341 e. The monoisotopic (exact) mass is 465 g/mol. The number of nitrogens with one attached hydrogen (secondary N) is 2. The molecule has 1 fully saturated rings. The number of hydrogen-bond donors (Lipinski definition) is 2. The molecule has 1 aliphatic heterocycles. The summed E-state index contributed by atoms with van der Waals surface area (Å²) in [4.78, 5) is 38.3. The van der Waals surface area contributed by atoms with Crippen LogP contribution in [0.1, 0.15) is 0 Å². The van der Waals surface area contributed by atoms with Gasteiger partial charge in [0.2, 0.25) is 5.95 Å². The Bertz CT molecular complexity index is 1420. The fourth-order valence-corrected chi connectivity index (χ4v) is 4.11. The van der Waals surface area contributed by atoms with Crippen molar-refractivity contribution in [3.8, 4) is 0 Å². The minimum atomic E-state index is -3.93. The number of nitrogens with zero attached hydrogens (tertiary/aromatic N) is 5. The maximum atomic E-state index is 12.7. The summed E-state index contributed by atoms with van der Waals surface area (Å²) in [6.07, 6.45) is 2.81. The Labute approximate surface area is 186 Å². The maximum Gasteiger partial charge on any atom is 0.341 e. The molecule has 0 spiro atoms. The molecule has 2 aromatic carbocycles. The van der Waals surface area contributed by atoms with Gasteiger partial charge in [-0.05, 0) is 42.5 Å². The zero-order valence-corrected chi connectivity index (χ0v) is 17.6. The number of aromatic nitrogens is 3. The Hall–Kier alpha value is -4.52. The number of anilines is 3. The number of para-hydroxylation sites is 2. The third-order valence-electron chi connectivity index (χ3n) is 4.72. The van der Waals surface area contributed by atoms with Gasteiger partial charge in [0.15, 0.2) is 5.58 Å². The average molecular weight is 465 g/mol. The summed E-state index contributed by atoms with van der Waals surface area (Å²) in [5, 5.41) is 0.946. The second-order valence-electron chi connectivity index (χ2n) is 6.87. The van der Waals surface area contributed by atoms with Crippen LogP contribution in [-0.4, -0.2) is 41.9 Å². The molecule has 2 aromatic heterocycles. The molecule has 5 rings (SSSR count). The minimum Gasteiger partial charge on any atom is -0.422 e. The van der Waals surface area contributed by atoms with E-state index in [1.165, 1.54) is 41.6 Å². The first kappa shape index (κ1) is 20.4. The number of carbonyl (C=O) groups excluding carboxylic acids is 2. The maximum absolute atomic E-state index is 12.7. The lowest BCUT2D eigenvalue weighted by Gasteiger charge is -2.32. The number of hydrogen-bond acceptors (Lipinski definition) is 8. The van der Waals surface area contributed by atoms with Crippen molar-refractivity contribution in [3.63, 3.8) is 0 Å². The number of amides is 3. The van der Waals surface area contributed by atoms with Crippen LogP contribution >= 0.6 is 0 Å². The zero-order valence-electron chi connectivity index (χ0n) is 16.7. The first-order chi connectivity index (χ1) is 15.9. The average Bonchev–Trinajstić information content (AvgIpc) is 3.25. The van der Waals surface area contributed by atoms with Crippen LogP contribution in [0, 0.1) is 0 Å². The predicted molar refractivity (Wildman–Crippen MR) is 117 cm³/mol. The van der Waals surface area contributed by atoms with Gasteiger partial charge in [-0.3, -0.25) is 9.69 Å². The highest BCUT2D eigenvalue weighted by molar-refractivity contribution is 7.92. The number of carbonyl (C=O) groups is 2. The van der Waals surface area contributed by atoms with Crippen LogP contribution in [0.15, 0.2) is 76.3 Å². The first-order valence-corrected chi connectivity index (χ1v) is 11.1. The molecule has 12 nitrogen and oxygen atoms in total. The largest absolute Gasteiger partial charge is 0.422 e. The van der Waals surface area contributed by atoms with Crippen molar-refractivity contribution in [2.45, 2.75) is 4.90 Å². The van der Waals surface area contributed by atoms with E-state index in [2.05, 4.69) is 25.1 Å². The van der Waals surface area contributed by atoms with Gasteiger partial charge in [0.25, 0.3) is 15.9 Å². The second-order valence-corrected chi connectivity index (χ2v) is 8.55. The molecule has 1 saturated heterocycles. The minimum absolute atomic E-state index is 0.0511. The SMILES string of the molecule is O=C1NN(c2nc3ccccc3o2)C(=O)CN1c1ccc(S(=O)(=O)Nc2ncccn2)cc1. The van der Waals surface area contributed by atoms with Crippen molar-refractivity contribution in [3.05, 3.63) is 67.0 Å². The van der Waals surface area contributed by atoms with Crippen LogP contribution in [0.5, 0.6) is 0 Å². The van der Waals surface area contributed by atoms with Crippen LogP contribution in [0.4, 0.5) is 22.4 Å². The quantitative estimate of drug-likeness (QED) is 0.454.